The number of hydrogen-bond donors (Lipinski definition) is 1. The summed E-state index contributed by atoms with van der Waals surface area (Å²) in [6.07, 6.45) is 3.16. The number of hydrogen-bond acceptors (Lipinski definition) is 4. The maximum atomic E-state index is 11.1. The summed E-state index contributed by atoms with van der Waals surface area (Å²) < 4.78 is 6.18. The Bertz CT molecular complexity index is 814. The zero-order valence-corrected chi connectivity index (χ0v) is 18.4. The molecule has 0 amide bonds. The monoisotopic (exact) mass is 413 g/mol. The Kier molecular flexibility index (Phi) is 7.25. The van der Waals surface area contributed by atoms with E-state index in [4.69, 9.17) is 9.84 Å². The third-order valence-electron chi connectivity index (χ3n) is 5.32. The summed E-state index contributed by atoms with van der Waals surface area (Å²) in [5, 5.41) is 9.16. The average Bonchev–Trinajstić information content (AvgIpc) is 2.68. The predicted octanol–water partition coefficient (Wildman–Crippen LogP) is 5.45. The molecule has 5 heteroatoms. The number of carbonyl (C=O) groups is 1. The molecular weight excluding hydrogens is 382 g/mol. The Hall–Kier alpha value is -1.98. The Morgan fingerprint density at radius 2 is 1.86 bits per heavy atom. The van der Waals surface area contributed by atoms with Crippen molar-refractivity contribution < 1.29 is 14.6 Å². The fourth-order valence-corrected chi connectivity index (χ4v) is 4.52. The topological polar surface area (TPSA) is 49.8 Å². The van der Waals surface area contributed by atoms with Crippen molar-refractivity contribution in [1.82, 2.24) is 4.90 Å². The predicted molar refractivity (Wildman–Crippen MR) is 118 cm³/mol. The van der Waals surface area contributed by atoms with E-state index in [1.807, 2.05) is 23.1 Å². The molecule has 1 heterocycles. The van der Waals surface area contributed by atoms with Crippen LogP contribution in [0.1, 0.15) is 45.6 Å². The zero-order chi connectivity index (χ0) is 20.9. The van der Waals surface area contributed by atoms with E-state index >= 15 is 0 Å². The highest BCUT2D eigenvalue weighted by Gasteiger charge is 2.25. The first-order valence-corrected chi connectivity index (χ1v) is 11.1. The number of carboxylic acid groups (broad SMARTS) is 1. The fourth-order valence-electron chi connectivity index (χ4n) is 3.62. The van der Waals surface area contributed by atoms with E-state index in [9.17, 15) is 4.79 Å². The minimum Gasteiger partial charge on any atom is -0.491 e. The van der Waals surface area contributed by atoms with Crippen LogP contribution in [0.25, 0.3) is 0 Å². The van der Waals surface area contributed by atoms with Gasteiger partial charge in [-0.05, 0) is 54.6 Å². The summed E-state index contributed by atoms with van der Waals surface area (Å²) in [5.74, 6) is 0.0878. The number of benzene rings is 2. The molecule has 1 unspecified atom stereocenters. The van der Waals surface area contributed by atoms with Crippen molar-refractivity contribution in [3.63, 3.8) is 0 Å². The lowest BCUT2D eigenvalue weighted by atomic mass is 9.87. The number of para-hydroxylation sites is 1. The first-order chi connectivity index (χ1) is 13.8. The highest BCUT2D eigenvalue weighted by Crippen LogP contribution is 2.36. The molecule has 1 N–H and O–H groups in total. The van der Waals surface area contributed by atoms with Gasteiger partial charge >= 0.3 is 5.97 Å². The number of rotatable bonds is 7. The molecule has 0 radical (unpaired) electrons. The lowest BCUT2D eigenvalue weighted by Crippen LogP contribution is -2.45. The van der Waals surface area contributed by atoms with Crippen LogP contribution in [0.15, 0.2) is 58.3 Å². The SMILES string of the molecule is CC(C)(C)c1ccc(Sc2ccccc2OCC2CCCCN2CC(=O)O)cc1. The van der Waals surface area contributed by atoms with Crippen LogP contribution in [0.2, 0.25) is 0 Å². The van der Waals surface area contributed by atoms with E-state index in [0.29, 0.717) is 6.61 Å². The summed E-state index contributed by atoms with van der Waals surface area (Å²) >= 11 is 1.70. The quantitative estimate of drug-likeness (QED) is 0.654. The Morgan fingerprint density at radius 3 is 2.55 bits per heavy atom. The van der Waals surface area contributed by atoms with Gasteiger partial charge in [-0.1, -0.05) is 63.2 Å². The van der Waals surface area contributed by atoms with E-state index in [0.717, 1.165) is 36.5 Å². The molecule has 0 aliphatic carbocycles. The molecule has 1 fully saturated rings. The van der Waals surface area contributed by atoms with Gasteiger partial charge in [0, 0.05) is 10.9 Å². The van der Waals surface area contributed by atoms with Crippen LogP contribution in [-0.4, -0.2) is 41.7 Å². The average molecular weight is 414 g/mol. The van der Waals surface area contributed by atoms with Crippen molar-refractivity contribution in [1.29, 1.82) is 0 Å². The van der Waals surface area contributed by atoms with E-state index in [1.165, 1.54) is 10.5 Å². The number of piperidine rings is 1. The number of ether oxygens (including phenoxy) is 1. The Balaban J connectivity index is 1.66. The third-order valence-corrected chi connectivity index (χ3v) is 6.38. The molecule has 29 heavy (non-hydrogen) atoms. The van der Waals surface area contributed by atoms with Crippen LogP contribution >= 0.6 is 11.8 Å². The molecule has 1 atom stereocenters. The molecule has 156 valence electrons. The summed E-state index contributed by atoms with van der Waals surface area (Å²) in [6, 6.07) is 17.0. The fraction of sp³-hybridized carbons (Fsp3) is 0.458. The highest BCUT2D eigenvalue weighted by molar-refractivity contribution is 7.99. The van der Waals surface area contributed by atoms with E-state index < -0.39 is 5.97 Å². The van der Waals surface area contributed by atoms with Gasteiger partial charge in [-0.25, -0.2) is 0 Å². The van der Waals surface area contributed by atoms with Gasteiger partial charge in [-0.3, -0.25) is 9.69 Å². The Labute approximate surface area is 178 Å². The summed E-state index contributed by atoms with van der Waals surface area (Å²) in [5.41, 5.74) is 1.47. The molecule has 2 aromatic carbocycles. The lowest BCUT2D eigenvalue weighted by Gasteiger charge is -2.34. The summed E-state index contributed by atoms with van der Waals surface area (Å²) in [7, 11) is 0. The summed E-state index contributed by atoms with van der Waals surface area (Å²) in [4.78, 5) is 15.4. The number of nitrogens with zero attached hydrogens (tertiary/aromatic N) is 1. The second-order valence-corrected chi connectivity index (χ2v) is 9.76. The van der Waals surface area contributed by atoms with Crippen LogP contribution in [0, 0.1) is 0 Å². The lowest BCUT2D eigenvalue weighted by molar-refractivity contribution is -0.139. The third kappa shape index (κ3) is 6.25. The first-order valence-electron chi connectivity index (χ1n) is 10.3. The Morgan fingerprint density at radius 1 is 1.14 bits per heavy atom. The molecule has 1 aliphatic heterocycles. The van der Waals surface area contributed by atoms with Gasteiger partial charge in [-0.15, -0.1) is 0 Å². The van der Waals surface area contributed by atoms with Crippen molar-refractivity contribution >= 4 is 17.7 Å². The van der Waals surface area contributed by atoms with Crippen molar-refractivity contribution in [2.75, 3.05) is 19.7 Å². The molecule has 0 spiro atoms. The van der Waals surface area contributed by atoms with E-state index in [1.54, 1.807) is 11.8 Å². The van der Waals surface area contributed by atoms with Gasteiger partial charge in [-0.2, -0.15) is 0 Å². The van der Waals surface area contributed by atoms with Gasteiger partial charge in [0.2, 0.25) is 0 Å². The molecule has 4 nitrogen and oxygen atoms in total. The number of likely N-dealkylation sites (tertiary alicyclic amines) is 1. The largest absolute Gasteiger partial charge is 0.491 e. The van der Waals surface area contributed by atoms with Crippen molar-refractivity contribution in [3.05, 3.63) is 54.1 Å². The van der Waals surface area contributed by atoms with Gasteiger partial charge in [0.15, 0.2) is 0 Å². The van der Waals surface area contributed by atoms with Gasteiger partial charge in [0.25, 0.3) is 0 Å². The molecule has 0 aromatic heterocycles. The maximum absolute atomic E-state index is 11.1. The standard InChI is InChI=1S/C24H31NO3S/c1-24(2,3)18-11-13-20(14-12-18)29-22-10-5-4-9-21(22)28-17-19-8-6-7-15-25(19)16-23(26)27/h4-5,9-14,19H,6-8,15-17H2,1-3H3,(H,26,27). The van der Waals surface area contributed by atoms with Crippen LogP contribution < -0.4 is 4.74 Å². The number of aliphatic carboxylic acids is 1. The van der Waals surface area contributed by atoms with Crippen molar-refractivity contribution in [3.8, 4) is 5.75 Å². The zero-order valence-electron chi connectivity index (χ0n) is 17.6. The van der Waals surface area contributed by atoms with Crippen molar-refractivity contribution in [2.24, 2.45) is 0 Å². The minimum absolute atomic E-state index is 0.0878. The second-order valence-electron chi connectivity index (χ2n) is 8.65. The molecule has 0 bridgehead atoms. The minimum atomic E-state index is -0.772. The molecule has 1 aliphatic rings. The van der Waals surface area contributed by atoms with E-state index in [2.05, 4.69) is 51.1 Å². The van der Waals surface area contributed by atoms with Gasteiger partial charge in [0.1, 0.15) is 12.4 Å². The molecular formula is C24H31NO3S. The normalized spacial score (nSPS) is 17.8. The van der Waals surface area contributed by atoms with Crippen LogP contribution in [0.5, 0.6) is 5.75 Å². The smallest absolute Gasteiger partial charge is 0.317 e. The highest BCUT2D eigenvalue weighted by atomic mass is 32.2. The number of carboxylic acids is 1. The molecule has 3 rings (SSSR count). The second kappa shape index (κ2) is 9.68. The molecule has 0 saturated carbocycles. The van der Waals surface area contributed by atoms with Crippen LogP contribution in [0.4, 0.5) is 0 Å². The van der Waals surface area contributed by atoms with Crippen molar-refractivity contribution in [2.45, 2.75) is 61.3 Å². The summed E-state index contributed by atoms with van der Waals surface area (Å²) in [6.45, 7) is 8.10. The first kappa shape index (κ1) is 21.7. The van der Waals surface area contributed by atoms with Crippen LogP contribution in [0.3, 0.4) is 0 Å². The molecule has 2 aromatic rings. The van der Waals surface area contributed by atoms with Crippen LogP contribution in [-0.2, 0) is 10.2 Å². The van der Waals surface area contributed by atoms with Gasteiger partial charge in [0.05, 0.1) is 11.4 Å². The maximum Gasteiger partial charge on any atom is 0.317 e. The van der Waals surface area contributed by atoms with E-state index in [-0.39, 0.29) is 18.0 Å². The molecule has 1 saturated heterocycles. The van der Waals surface area contributed by atoms with Gasteiger partial charge < -0.3 is 9.84 Å².